The number of nitrogens with two attached hydrogens (primary N) is 2. The SMILES string of the molecule is CCC(C)CC(C)(OC(CCCC(C)CC(C)(C)C)OCCCN=C(N)N)C(C)CCC(C)CC(C)(C)C. The summed E-state index contributed by atoms with van der Waals surface area (Å²) in [6.07, 6.45) is 11.0. The predicted octanol–water partition coefficient (Wildman–Crippen LogP) is 8.94. The van der Waals surface area contributed by atoms with E-state index in [4.69, 9.17) is 20.9 Å². The van der Waals surface area contributed by atoms with Crippen LogP contribution in [0, 0.1) is 34.5 Å². The molecule has 0 aliphatic carbocycles. The summed E-state index contributed by atoms with van der Waals surface area (Å²) < 4.78 is 13.4. The first-order valence-electron chi connectivity index (χ1n) is 15.7. The highest BCUT2D eigenvalue weighted by atomic mass is 16.7. The Balaban J connectivity index is 5.43. The van der Waals surface area contributed by atoms with Crippen LogP contribution in [-0.4, -0.2) is 31.0 Å². The molecule has 0 saturated carbocycles. The minimum atomic E-state index is -0.210. The van der Waals surface area contributed by atoms with Gasteiger partial charge in [-0.25, -0.2) is 0 Å². The quantitative estimate of drug-likeness (QED) is 0.0700. The van der Waals surface area contributed by atoms with Gasteiger partial charge in [0.2, 0.25) is 0 Å². The third kappa shape index (κ3) is 19.3. The maximum atomic E-state index is 7.01. The molecule has 0 saturated heterocycles. The topological polar surface area (TPSA) is 82.9 Å². The smallest absolute Gasteiger partial charge is 0.185 e. The summed E-state index contributed by atoms with van der Waals surface area (Å²) in [6.45, 7) is 29.4. The van der Waals surface area contributed by atoms with E-state index in [0.717, 1.165) is 31.6 Å². The third-order valence-electron chi connectivity index (χ3n) is 7.95. The number of guanidine groups is 1. The van der Waals surface area contributed by atoms with E-state index < -0.39 is 0 Å². The third-order valence-corrected chi connectivity index (χ3v) is 7.95. The van der Waals surface area contributed by atoms with Gasteiger partial charge >= 0.3 is 0 Å². The van der Waals surface area contributed by atoms with Crippen molar-refractivity contribution >= 4 is 5.96 Å². The highest BCUT2D eigenvalue weighted by Crippen LogP contribution is 2.37. The van der Waals surface area contributed by atoms with Crippen molar-refractivity contribution in [3.05, 3.63) is 0 Å². The van der Waals surface area contributed by atoms with Gasteiger partial charge in [0.25, 0.3) is 0 Å². The Morgan fingerprint density at radius 1 is 0.711 bits per heavy atom. The standard InChI is InChI=1S/C33H69N3O2/c1-13-25(2)24-33(12,28(5)19-18-27(4)23-32(9,10)11)38-29(37-21-15-20-36-30(34)35)17-14-16-26(3)22-31(6,7)8/h25-29H,13-24H2,1-12H3,(H4,34,35,36). The van der Waals surface area contributed by atoms with Crippen molar-refractivity contribution in [3.63, 3.8) is 0 Å². The molecule has 6 unspecified atom stereocenters. The van der Waals surface area contributed by atoms with Gasteiger partial charge in [0.15, 0.2) is 12.2 Å². The zero-order chi connectivity index (χ0) is 29.6. The molecule has 0 radical (unpaired) electrons. The summed E-state index contributed by atoms with van der Waals surface area (Å²) in [6, 6.07) is 0. The average molecular weight is 540 g/mol. The van der Waals surface area contributed by atoms with Crippen molar-refractivity contribution in [2.24, 2.45) is 51.0 Å². The summed E-state index contributed by atoms with van der Waals surface area (Å²) in [5.74, 6) is 2.64. The second kappa shape index (κ2) is 17.8. The minimum Gasteiger partial charge on any atom is -0.370 e. The first-order valence-corrected chi connectivity index (χ1v) is 15.7. The fourth-order valence-corrected chi connectivity index (χ4v) is 5.93. The molecule has 0 aliphatic heterocycles. The van der Waals surface area contributed by atoms with Crippen LogP contribution in [0.25, 0.3) is 0 Å². The molecule has 4 N–H and O–H groups in total. The van der Waals surface area contributed by atoms with E-state index in [1.54, 1.807) is 0 Å². The molecule has 0 aromatic rings. The van der Waals surface area contributed by atoms with Crippen LogP contribution in [0.1, 0.15) is 147 Å². The zero-order valence-electron chi connectivity index (χ0n) is 27.8. The molecule has 38 heavy (non-hydrogen) atoms. The fourth-order valence-electron chi connectivity index (χ4n) is 5.93. The highest BCUT2D eigenvalue weighted by molar-refractivity contribution is 5.75. The van der Waals surface area contributed by atoms with Crippen molar-refractivity contribution in [1.82, 2.24) is 0 Å². The number of hydrogen-bond donors (Lipinski definition) is 2. The molecule has 0 aromatic carbocycles. The maximum absolute atomic E-state index is 7.01. The molecule has 228 valence electrons. The normalized spacial score (nSPS) is 18.3. The summed E-state index contributed by atoms with van der Waals surface area (Å²) in [4.78, 5) is 4.11. The fraction of sp³-hybridized carbons (Fsp3) is 0.970. The molecule has 0 bridgehead atoms. The summed E-state index contributed by atoms with van der Waals surface area (Å²) >= 11 is 0. The van der Waals surface area contributed by atoms with Gasteiger partial charge in [-0.1, -0.05) is 95.4 Å². The van der Waals surface area contributed by atoms with Crippen LogP contribution in [0.15, 0.2) is 4.99 Å². The van der Waals surface area contributed by atoms with E-state index in [-0.39, 0.29) is 17.9 Å². The van der Waals surface area contributed by atoms with Gasteiger partial charge in [0.05, 0.1) is 12.2 Å². The summed E-state index contributed by atoms with van der Waals surface area (Å²) in [5.41, 5.74) is 11.5. The van der Waals surface area contributed by atoms with Crippen molar-refractivity contribution in [3.8, 4) is 0 Å². The lowest BCUT2D eigenvalue weighted by molar-refractivity contribution is -0.229. The Labute approximate surface area is 238 Å². The molecule has 5 heteroatoms. The first-order chi connectivity index (χ1) is 17.4. The van der Waals surface area contributed by atoms with Crippen LogP contribution < -0.4 is 11.5 Å². The first kappa shape index (κ1) is 37.2. The lowest BCUT2D eigenvalue weighted by atomic mass is 9.77. The second-order valence-electron chi connectivity index (χ2n) is 15.3. The Hall–Kier alpha value is -0.810. The number of nitrogens with zero attached hydrogens (tertiary/aromatic N) is 1. The molecule has 0 aromatic heterocycles. The largest absolute Gasteiger partial charge is 0.370 e. The second-order valence-corrected chi connectivity index (χ2v) is 15.3. The van der Waals surface area contributed by atoms with Crippen molar-refractivity contribution in [2.45, 2.75) is 159 Å². The Morgan fingerprint density at radius 3 is 1.76 bits per heavy atom. The zero-order valence-corrected chi connectivity index (χ0v) is 27.8. The molecular weight excluding hydrogens is 470 g/mol. The number of rotatable bonds is 20. The lowest BCUT2D eigenvalue weighted by Crippen LogP contribution is -2.42. The summed E-state index contributed by atoms with van der Waals surface area (Å²) in [5, 5.41) is 0. The summed E-state index contributed by atoms with van der Waals surface area (Å²) in [7, 11) is 0. The minimum absolute atomic E-state index is 0.140. The Kier molecular flexibility index (Phi) is 17.4. The lowest BCUT2D eigenvalue weighted by Gasteiger charge is -2.41. The maximum Gasteiger partial charge on any atom is 0.185 e. The van der Waals surface area contributed by atoms with E-state index in [0.29, 0.717) is 41.7 Å². The van der Waals surface area contributed by atoms with Gasteiger partial charge < -0.3 is 20.9 Å². The van der Waals surface area contributed by atoms with Crippen LogP contribution >= 0.6 is 0 Å². The van der Waals surface area contributed by atoms with E-state index in [1.165, 1.54) is 38.5 Å². The molecule has 0 amide bonds. The van der Waals surface area contributed by atoms with E-state index in [9.17, 15) is 0 Å². The number of ether oxygens (including phenoxy) is 2. The molecule has 0 spiro atoms. The molecule has 0 rings (SSSR count). The van der Waals surface area contributed by atoms with Crippen molar-refractivity contribution in [2.75, 3.05) is 13.2 Å². The Bertz CT molecular complexity index is 633. The van der Waals surface area contributed by atoms with Crippen molar-refractivity contribution < 1.29 is 9.47 Å². The molecule has 0 fully saturated rings. The van der Waals surface area contributed by atoms with Gasteiger partial charge in [-0.05, 0) is 86.4 Å². The van der Waals surface area contributed by atoms with Crippen LogP contribution in [0.4, 0.5) is 0 Å². The highest BCUT2D eigenvalue weighted by Gasteiger charge is 2.36. The van der Waals surface area contributed by atoms with E-state index >= 15 is 0 Å². The van der Waals surface area contributed by atoms with Crippen molar-refractivity contribution in [1.29, 1.82) is 0 Å². The van der Waals surface area contributed by atoms with E-state index in [2.05, 4.69) is 88.1 Å². The van der Waals surface area contributed by atoms with Crippen LogP contribution in [0.2, 0.25) is 0 Å². The van der Waals surface area contributed by atoms with Gasteiger partial charge in [0.1, 0.15) is 0 Å². The van der Waals surface area contributed by atoms with Gasteiger partial charge in [0, 0.05) is 6.54 Å². The van der Waals surface area contributed by atoms with Crippen LogP contribution in [0.3, 0.4) is 0 Å². The molecular formula is C33H69N3O2. The molecule has 6 atom stereocenters. The monoisotopic (exact) mass is 540 g/mol. The van der Waals surface area contributed by atoms with Crippen LogP contribution in [0.5, 0.6) is 0 Å². The van der Waals surface area contributed by atoms with Gasteiger partial charge in [-0.2, -0.15) is 0 Å². The average Bonchev–Trinajstić information content (AvgIpc) is 2.74. The molecule has 0 heterocycles. The molecule has 0 aliphatic rings. The molecule has 5 nitrogen and oxygen atoms in total. The Morgan fingerprint density at radius 2 is 1.26 bits per heavy atom. The van der Waals surface area contributed by atoms with E-state index in [1.807, 2.05) is 0 Å². The number of hydrogen-bond acceptors (Lipinski definition) is 3. The van der Waals surface area contributed by atoms with Crippen LogP contribution in [-0.2, 0) is 9.47 Å². The van der Waals surface area contributed by atoms with Gasteiger partial charge in [-0.3, -0.25) is 4.99 Å². The number of aliphatic imine (C=N–C) groups is 1. The van der Waals surface area contributed by atoms with Gasteiger partial charge in [-0.15, -0.1) is 0 Å². The predicted molar refractivity (Wildman–Crippen MR) is 167 cm³/mol.